The Balaban J connectivity index is 2.44. The van der Waals surface area contributed by atoms with Crippen LogP contribution < -0.4 is 0 Å². The van der Waals surface area contributed by atoms with Crippen molar-refractivity contribution in [2.24, 2.45) is 0 Å². The predicted octanol–water partition coefficient (Wildman–Crippen LogP) is 4.84. The Labute approximate surface area is 116 Å². The van der Waals surface area contributed by atoms with Gasteiger partial charge in [-0.2, -0.15) is 0 Å². The number of ketones is 1. The Kier molecular flexibility index (Phi) is 3.74. The van der Waals surface area contributed by atoms with E-state index in [1.54, 1.807) is 18.2 Å². The van der Waals surface area contributed by atoms with E-state index in [2.05, 4.69) is 0 Å². The molecule has 0 spiro atoms. The van der Waals surface area contributed by atoms with E-state index in [4.69, 9.17) is 23.2 Å². The Bertz CT molecular complexity index is 618. The van der Waals surface area contributed by atoms with Crippen LogP contribution in [0.4, 0.5) is 0 Å². The SMILES string of the molecule is Cc1ccc(C(=O)c2ccc(Cl)c(Cl)c2)c(C)c1. The molecule has 2 rings (SSSR count). The molecule has 2 aromatic carbocycles. The lowest BCUT2D eigenvalue weighted by Crippen LogP contribution is -2.03. The molecule has 18 heavy (non-hydrogen) atoms. The van der Waals surface area contributed by atoms with Crippen molar-refractivity contribution in [3.63, 3.8) is 0 Å². The zero-order valence-corrected chi connectivity index (χ0v) is 11.6. The molecule has 1 nitrogen and oxygen atoms in total. The Hall–Kier alpha value is -1.31. The molecule has 0 saturated carbocycles. The van der Waals surface area contributed by atoms with E-state index in [1.165, 1.54) is 0 Å². The van der Waals surface area contributed by atoms with Crippen LogP contribution in [0.2, 0.25) is 10.0 Å². The van der Waals surface area contributed by atoms with Gasteiger partial charge in [0, 0.05) is 11.1 Å². The topological polar surface area (TPSA) is 17.1 Å². The fourth-order valence-electron chi connectivity index (χ4n) is 1.86. The van der Waals surface area contributed by atoms with Crippen LogP contribution in [0.15, 0.2) is 36.4 Å². The lowest BCUT2D eigenvalue weighted by molar-refractivity contribution is 0.103. The normalized spacial score (nSPS) is 10.4. The minimum atomic E-state index is -0.0360. The third-order valence-electron chi connectivity index (χ3n) is 2.81. The van der Waals surface area contributed by atoms with Gasteiger partial charge in [0.2, 0.25) is 0 Å². The lowest BCUT2D eigenvalue weighted by atomic mass is 9.98. The number of hydrogen-bond donors (Lipinski definition) is 0. The third-order valence-corrected chi connectivity index (χ3v) is 3.55. The second-order valence-electron chi connectivity index (χ2n) is 4.28. The first-order valence-corrected chi connectivity index (χ1v) is 6.31. The molecule has 0 bridgehead atoms. The molecular weight excluding hydrogens is 267 g/mol. The molecular formula is C15H12Cl2O. The van der Waals surface area contributed by atoms with Crippen molar-refractivity contribution in [2.75, 3.05) is 0 Å². The molecule has 0 unspecified atom stereocenters. The van der Waals surface area contributed by atoms with Crippen LogP contribution in [0, 0.1) is 13.8 Å². The molecule has 0 saturated heterocycles. The van der Waals surface area contributed by atoms with Crippen LogP contribution in [0.1, 0.15) is 27.0 Å². The number of carbonyl (C=O) groups excluding carboxylic acids is 1. The molecule has 0 aromatic heterocycles. The highest BCUT2D eigenvalue weighted by molar-refractivity contribution is 6.42. The van der Waals surface area contributed by atoms with Gasteiger partial charge in [-0.1, -0.05) is 47.0 Å². The minimum Gasteiger partial charge on any atom is -0.289 e. The average Bonchev–Trinajstić information content (AvgIpc) is 2.32. The van der Waals surface area contributed by atoms with Crippen LogP contribution in [0.3, 0.4) is 0 Å². The highest BCUT2D eigenvalue weighted by atomic mass is 35.5. The van der Waals surface area contributed by atoms with Gasteiger partial charge in [0.15, 0.2) is 5.78 Å². The summed E-state index contributed by atoms with van der Waals surface area (Å²) in [5.74, 6) is -0.0360. The van der Waals surface area contributed by atoms with Crippen LogP contribution in [-0.4, -0.2) is 5.78 Å². The van der Waals surface area contributed by atoms with E-state index in [0.29, 0.717) is 21.2 Å². The molecule has 0 fully saturated rings. The number of benzene rings is 2. The standard InChI is InChI=1S/C15H12Cl2O/c1-9-3-5-12(10(2)7-9)15(18)11-4-6-13(16)14(17)8-11/h3-8H,1-2H3. The van der Waals surface area contributed by atoms with E-state index >= 15 is 0 Å². The van der Waals surface area contributed by atoms with Crippen molar-refractivity contribution < 1.29 is 4.79 Å². The van der Waals surface area contributed by atoms with Gasteiger partial charge >= 0.3 is 0 Å². The van der Waals surface area contributed by atoms with E-state index < -0.39 is 0 Å². The van der Waals surface area contributed by atoms with E-state index in [1.807, 2.05) is 32.0 Å². The quantitative estimate of drug-likeness (QED) is 0.719. The Morgan fingerprint density at radius 3 is 2.28 bits per heavy atom. The zero-order chi connectivity index (χ0) is 13.3. The van der Waals surface area contributed by atoms with Crippen LogP contribution in [0.25, 0.3) is 0 Å². The fourth-order valence-corrected chi connectivity index (χ4v) is 2.16. The molecule has 0 N–H and O–H groups in total. The lowest BCUT2D eigenvalue weighted by Gasteiger charge is -2.07. The van der Waals surface area contributed by atoms with Gasteiger partial charge in [-0.25, -0.2) is 0 Å². The first-order valence-electron chi connectivity index (χ1n) is 5.56. The fraction of sp³-hybridized carbons (Fsp3) is 0.133. The monoisotopic (exact) mass is 278 g/mol. The van der Waals surface area contributed by atoms with Gasteiger partial charge in [0.25, 0.3) is 0 Å². The van der Waals surface area contributed by atoms with Crippen LogP contribution in [-0.2, 0) is 0 Å². The zero-order valence-electron chi connectivity index (χ0n) is 10.1. The van der Waals surface area contributed by atoms with E-state index in [9.17, 15) is 4.79 Å². The molecule has 0 aliphatic carbocycles. The molecule has 0 atom stereocenters. The first-order chi connectivity index (χ1) is 8.49. The molecule has 0 aliphatic rings. The van der Waals surface area contributed by atoms with Gasteiger partial charge in [0.1, 0.15) is 0 Å². The summed E-state index contributed by atoms with van der Waals surface area (Å²) < 4.78 is 0. The Morgan fingerprint density at radius 1 is 0.944 bits per heavy atom. The van der Waals surface area contributed by atoms with Gasteiger partial charge in [-0.15, -0.1) is 0 Å². The summed E-state index contributed by atoms with van der Waals surface area (Å²) in [5.41, 5.74) is 3.35. The maximum Gasteiger partial charge on any atom is 0.193 e. The maximum absolute atomic E-state index is 12.3. The molecule has 0 heterocycles. The largest absolute Gasteiger partial charge is 0.289 e. The number of hydrogen-bond acceptors (Lipinski definition) is 1. The van der Waals surface area contributed by atoms with Crippen LogP contribution >= 0.6 is 23.2 Å². The van der Waals surface area contributed by atoms with Crippen LogP contribution in [0.5, 0.6) is 0 Å². The molecule has 0 amide bonds. The van der Waals surface area contributed by atoms with Gasteiger partial charge in [0.05, 0.1) is 10.0 Å². The third kappa shape index (κ3) is 2.58. The number of aryl methyl sites for hydroxylation is 2. The summed E-state index contributed by atoms with van der Waals surface area (Å²) in [5, 5.41) is 0.848. The Morgan fingerprint density at radius 2 is 1.67 bits per heavy atom. The summed E-state index contributed by atoms with van der Waals surface area (Å²) in [7, 11) is 0. The first kappa shape index (κ1) is 13.1. The van der Waals surface area contributed by atoms with Crippen molar-refractivity contribution in [3.05, 3.63) is 68.7 Å². The highest BCUT2D eigenvalue weighted by Gasteiger charge is 2.12. The minimum absolute atomic E-state index is 0.0360. The summed E-state index contributed by atoms with van der Waals surface area (Å²) in [6, 6.07) is 10.7. The summed E-state index contributed by atoms with van der Waals surface area (Å²) in [6.45, 7) is 3.93. The van der Waals surface area contributed by atoms with Gasteiger partial charge < -0.3 is 0 Å². The van der Waals surface area contributed by atoms with E-state index in [-0.39, 0.29) is 5.78 Å². The summed E-state index contributed by atoms with van der Waals surface area (Å²) in [6.07, 6.45) is 0. The number of halogens is 2. The average molecular weight is 279 g/mol. The second-order valence-corrected chi connectivity index (χ2v) is 5.09. The number of carbonyl (C=O) groups is 1. The molecule has 92 valence electrons. The highest BCUT2D eigenvalue weighted by Crippen LogP contribution is 2.24. The molecule has 2 aromatic rings. The van der Waals surface area contributed by atoms with Crippen molar-refractivity contribution in [3.8, 4) is 0 Å². The van der Waals surface area contributed by atoms with Gasteiger partial charge in [-0.3, -0.25) is 4.79 Å². The maximum atomic E-state index is 12.3. The van der Waals surface area contributed by atoms with Crippen molar-refractivity contribution >= 4 is 29.0 Å². The summed E-state index contributed by atoms with van der Waals surface area (Å²) >= 11 is 11.8. The van der Waals surface area contributed by atoms with E-state index in [0.717, 1.165) is 11.1 Å². The van der Waals surface area contributed by atoms with Crippen molar-refractivity contribution in [2.45, 2.75) is 13.8 Å². The van der Waals surface area contributed by atoms with Gasteiger partial charge in [-0.05, 0) is 37.6 Å². The molecule has 0 aliphatic heterocycles. The predicted molar refractivity (Wildman–Crippen MR) is 75.8 cm³/mol. The molecule has 0 radical (unpaired) electrons. The number of rotatable bonds is 2. The smallest absolute Gasteiger partial charge is 0.193 e. The summed E-state index contributed by atoms with van der Waals surface area (Å²) in [4.78, 5) is 12.3. The van der Waals surface area contributed by atoms with Crippen molar-refractivity contribution in [1.82, 2.24) is 0 Å². The van der Waals surface area contributed by atoms with Crippen molar-refractivity contribution in [1.29, 1.82) is 0 Å². The molecule has 3 heteroatoms. The second kappa shape index (κ2) is 5.13.